The number of rotatable bonds is 4. The summed E-state index contributed by atoms with van der Waals surface area (Å²) in [5.41, 5.74) is 6.14. The molecule has 2 heteroatoms. The van der Waals surface area contributed by atoms with Crippen LogP contribution in [0.2, 0.25) is 0 Å². The van der Waals surface area contributed by atoms with Gasteiger partial charge >= 0.3 is 0 Å². The Morgan fingerprint density at radius 2 is 1.80 bits per heavy atom. The van der Waals surface area contributed by atoms with E-state index in [0.717, 1.165) is 12.0 Å². The topological polar surface area (TPSA) is 12.0 Å². The Balaban J connectivity index is 2.31. The van der Waals surface area contributed by atoms with Crippen molar-refractivity contribution in [3.63, 3.8) is 0 Å². The molecular weight excluding hydrogens is 249 g/mol. The second-order valence-corrected chi connectivity index (χ2v) is 5.41. The number of nitrogens with one attached hydrogen (secondary N) is 1. The van der Waals surface area contributed by atoms with Crippen LogP contribution in [0.5, 0.6) is 0 Å². The van der Waals surface area contributed by atoms with Crippen molar-refractivity contribution in [2.24, 2.45) is 0 Å². The molecule has 2 rings (SSSR count). The Labute approximate surface area is 120 Å². The Hall–Kier alpha value is -1.67. The van der Waals surface area contributed by atoms with Gasteiger partial charge in [0.2, 0.25) is 0 Å². The third-order valence-corrected chi connectivity index (χ3v) is 4.10. The van der Waals surface area contributed by atoms with Gasteiger partial charge in [0.05, 0.1) is 0 Å². The first-order valence-corrected chi connectivity index (χ1v) is 7.01. The van der Waals surface area contributed by atoms with Gasteiger partial charge < -0.3 is 5.32 Å². The second-order valence-electron chi connectivity index (χ2n) is 5.41. The highest BCUT2D eigenvalue weighted by Crippen LogP contribution is 2.25. The Kier molecular flexibility index (Phi) is 4.56. The van der Waals surface area contributed by atoms with Crippen LogP contribution in [0.4, 0.5) is 4.39 Å². The van der Waals surface area contributed by atoms with Gasteiger partial charge in [0.1, 0.15) is 5.82 Å². The summed E-state index contributed by atoms with van der Waals surface area (Å²) < 4.78 is 13.2. The first-order valence-electron chi connectivity index (χ1n) is 7.01. The van der Waals surface area contributed by atoms with Gasteiger partial charge in [0.15, 0.2) is 0 Å². The molecule has 0 saturated heterocycles. The molecule has 2 aromatic rings. The minimum atomic E-state index is -0.168. The molecule has 1 atom stereocenters. The third-order valence-electron chi connectivity index (χ3n) is 4.10. The SMILES string of the molecule is CNC(Cc1ccc(F)cc1C)c1cccc(C)c1C. The number of likely N-dealkylation sites (N-methyl/N-ethyl adjacent to an activating group) is 1. The van der Waals surface area contributed by atoms with Crippen LogP contribution in [0.1, 0.15) is 33.9 Å². The molecule has 0 bridgehead atoms. The molecule has 0 heterocycles. The molecule has 0 spiro atoms. The largest absolute Gasteiger partial charge is 0.313 e. The van der Waals surface area contributed by atoms with Crippen LogP contribution in [0, 0.1) is 26.6 Å². The number of aryl methyl sites for hydroxylation is 2. The van der Waals surface area contributed by atoms with Crippen molar-refractivity contribution in [1.29, 1.82) is 0 Å². The van der Waals surface area contributed by atoms with Crippen LogP contribution in [0.25, 0.3) is 0 Å². The normalized spacial score (nSPS) is 12.4. The maximum atomic E-state index is 13.2. The molecule has 0 fully saturated rings. The molecule has 2 aromatic carbocycles. The van der Waals surface area contributed by atoms with E-state index in [1.54, 1.807) is 6.07 Å². The smallest absolute Gasteiger partial charge is 0.123 e. The van der Waals surface area contributed by atoms with E-state index in [-0.39, 0.29) is 11.9 Å². The van der Waals surface area contributed by atoms with E-state index in [4.69, 9.17) is 0 Å². The van der Waals surface area contributed by atoms with Gasteiger partial charge in [-0.15, -0.1) is 0 Å². The molecule has 1 unspecified atom stereocenters. The van der Waals surface area contributed by atoms with Crippen LogP contribution < -0.4 is 5.32 Å². The minimum absolute atomic E-state index is 0.168. The monoisotopic (exact) mass is 271 g/mol. The van der Waals surface area contributed by atoms with Crippen molar-refractivity contribution in [2.75, 3.05) is 7.05 Å². The molecule has 106 valence electrons. The first kappa shape index (κ1) is 14.7. The summed E-state index contributed by atoms with van der Waals surface area (Å²) in [5.74, 6) is -0.168. The van der Waals surface area contributed by atoms with E-state index in [0.29, 0.717) is 0 Å². The summed E-state index contributed by atoms with van der Waals surface area (Å²) >= 11 is 0. The van der Waals surface area contributed by atoms with Crippen molar-refractivity contribution >= 4 is 0 Å². The fourth-order valence-corrected chi connectivity index (χ4v) is 2.63. The lowest BCUT2D eigenvalue weighted by Crippen LogP contribution is -2.20. The van der Waals surface area contributed by atoms with Gasteiger partial charge in [0.25, 0.3) is 0 Å². The van der Waals surface area contributed by atoms with Crippen molar-refractivity contribution in [2.45, 2.75) is 33.2 Å². The molecule has 0 aromatic heterocycles. The van der Waals surface area contributed by atoms with E-state index in [1.165, 1.54) is 28.3 Å². The fraction of sp³-hybridized carbons (Fsp3) is 0.333. The van der Waals surface area contributed by atoms with Gasteiger partial charge in [-0.1, -0.05) is 24.3 Å². The molecule has 1 N–H and O–H groups in total. The Bertz CT molecular complexity index is 604. The van der Waals surface area contributed by atoms with E-state index < -0.39 is 0 Å². The average Bonchev–Trinajstić information content (AvgIpc) is 2.42. The van der Waals surface area contributed by atoms with Crippen LogP contribution in [0.3, 0.4) is 0 Å². The highest BCUT2D eigenvalue weighted by atomic mass is 19.1. The van der Waals surface area contributed by atoms with Crippen molar-refractivity contribution in [3.05, 3.63) is 70.0 Å². The third kappa shape index (κ3) is 3.07. The van der Waals surface area contributed by atoms with Crippen molar-refractivity contribution in [3.8, 4) is 0 Å². The van der Waals surface area contributed by atoms with Gasteiger partial charge in [-0.2, -0.15) is 0 Å². The first-order chi connectivity index (χ1) is 9.52. The highest BCUT2D eigenvalue weighted by Gasteiger charge is 2.14. The molecule has 20 heavy (non-hydrogen) atoms. The summed E-state index contributed by atoms with van der Waals surface area (Å²) in [6.45, 7) is 6.26. The van der Waals surface area contributed by atoms with E-state index in [2.05, 4.69) is 37.4 Å². The zero-order valence-corrected chi connectivity index (χ0v) is 12.6. The predicted molar refractivity (Wildman–Crippen MR) is 82.6 cm³/mol. The van der Waals surface area contributed by atoms with Gasteiger partial charge in [0, 0.05) is 6.04 Å². The molecule has 1 nitrogen and oxygen atoms in total. The van der Waals surface area contributed by atoms with E-state index in [1.807, 2.05) is 20.0 Å². The molecule has 0 aliphatic carbocycles. The van der Waals surface area contributed by atoms with Crippen LogP contribution in [-0.4, -0.2) is 7.05 Å². The second kappa shape index (κ2) is 6.19. The van der Waals surface area contributed by atoms with Gasteiger partial charge in [-0.25, -0.2) is 4.39 Å². The summed E-state index contributed by atoms with van der Waals surface area (Å²) in [6, 6.07) is 11.7. The zero-order chi connectivity index (χ0) is 14.7. The predicted octanol–water partition coefficient (Wildman–Crippen LogP) is 4.25. The van der Waals surface area contributed by atoms with Crippen molar-refractivity contribution < 1.29 is 4.39 Å². The molecular formula is C18H22FN. The average molecular weight is 271 g/mol. The number of halogens is 1. The lowest BCUT2D eigenvalue weighted by molar-refractivity contribution is 0.583. The molecule has 0 saturated carbocycles. The van der Waals surface area contributed by atoms with E-state index in [9.17, 15) is 4.39 Å². The van der Waals surface area contributed by atoms with Crippen LogP contribution >= 0.6 is 0 Å². The summed E-state index contributed by atoms with van der Waals surface area (Å²) in [4.78, 5) is 0. The maximum Gasteiger partial charge on any atom is 0.123 e. The lowest BCUT2D eigenvalue weighted by atomic mass is 9.92. The standard InChI is InChI=1S/C18H22FN/c1-12-6-5-7-17(14(12)3)18(20-4)11-15-8-9-16(19)10-13(15)2/h5-10,18,20H,11H2,1-4H3. The molecule has 0 amide bonds. The molecule has 0 radical (unpaired) electrons. The van der Waals surface area contributed by atoms with Crippen LogP contribution in [0.15, 0.2) is 36.4 Å². The summed E-state index contributed by atoms with van der Waals surface area (Å²) in [6.07, 6.45) is 0.868. The molecule has 0 aliphatic heterocycles. The number of hydrogen-bond donors (Lipinski definition) is 1. The highest BCUT2D eigenvalue weighted by molar-refractivity contribution is 5.37. The molecule has 0 aliphatic rings. The maximum absolute atomic E-state index is 13.2. The number of hydrogen-bond acceptors (Lipinski definition) is 1. The number of benzene rings is 2. The Morgan fingerprint density at radius 1 is 1.05 bits per heavy atom. The summed E-state index contributed by atoms with van der Waals surface area (Å²) in [7, 11) is 1.98. The minimum Gasteiger partial charge on any atom is -0.313 e. The van der Waals surface area contributed by atoms with Crippen LogP contribution in [-0.2, 0) is 6.42 Å². The lowest BCUT2D eigenvalue weighted by Gasteiger charge is -2.21. The Morgan fingerprint density at radius 3 is 2.45 bits per heavy atom. The van der Waals surface area contributed by atoms with E-state index >= 15 is 0 Å². The van der Waals surface area contributed by atoms with Gasteiger partial charge in [-0.3, -0.25) is 0 Å². The fourth-order valence-electron chi connectivity index (χ4n) is 2.63. The summed E-state index contributed by atoms with van der Waals surface area (Å²) in [5, 5.41) is 3.38. The van der Waals surface area contributed by atoms with Gasteiger partial charge in [-0.05, 0) is 74.2 Å². The zero-order valence-electron chi connectivity index (χ0n) is 12.6. The quantitative estimate of drug-likeness (QED) is 0.876. The van der Waals surface area contributed by atoms with Crippen molar-refractivity contribution in [1.82, 2.24) is 5.32 Å².